The van der Waals surface area contributed by atoms with Crippen LogP contribution in [-0.2, 0) is 14.6 Å². The van der Waals surface area contributed by atoms with E-state index in [1.54, 1.807) is 24.3 Å². The smallest absolute Gasteiger partial charge is 0.235 e. The molecule has 90 valence electrons. The third-order valence-electron chi connectivity index (χ3n) is 2.23. The second-order valence-corrected chi connectivity index (χ2v) is 6.49. The molecular formula is C11H11NO3S2. The van der Waals surface area contributed by atoms with Crippen molar-refractivity contribution in [3.05, 3.63) is 40.3 Å². The normalized spacial score (nSPS) is 18.4. The second kappa shape index (κ2) is 4.54. The number of carbonyl (C=O) groups is 1. The van der Waals surface area contributed by atoms with Crippen LogP contribution in [0.25, 0.3) is 0 Å². The number of hydrogen-bond acceptors (Lipinski definition) is 4. The predicted molar refractivity (Wildman–Crippen MR) is 67.0 cm³/mol. The Morgan fingerprint density at radius 1 is 1.29 bits per heavy atom. The maximum Gasteiger partial charge on any atom is 0.235 e. The molecule has 0 atom stereocenters. The summed E-state index contributed by atoms with van der Waals surface area (Å²) in [4.78, 5) is 11.2. The van der Waals surface area contributed by atoms with Crippen molar-refractivity contribution in [3.8, 4) is 0 Å². The lowest BCUT2D eigenvalue weighted by Crippen LogP contribution is -2.14. The molecule has 0 bridgehead atoms. The SMILES string of the molecule is Cc1ccc(S(=O)(=O)/C=C2/NC(=O)CS2)cc1. The topological polar surface area (TPSA) is 63.2 Å². The van der Waals surface area contributed by atoms with Gasteiger partial charge in [-0.15, -0.1) is 0 Å². The quantitative estimate of drug-likeness (QED) is 0.882. The predicted octanol–water partition coefficient (Wildman–Crippen LogP) is 1.43. The van der Waals surface area contributed by atoms with Gasteiger partial charge in [0.05, 0.1) is 21.1 Å². The molecule has 1 saturated heterocycles. The van der Waals surface area contributed by atoms with Crippen LogP contribution in [0.2, 0.25) is 0 Å². The summed E-state index contributed by atoms with van der Waals surface area (Å²) >= 11 is 1.20. The van der Waals surface area contributed by atoms with Crippen LogP contribution in [-0.4, -0.2) is 20.1 Å². The molecule has 1 N–H and O–H groups in total. The first kappa shape index (κ1) is 12.2. The van der Waals surface area contributed by atoms with Crippen LogP contribution >= 0.6 is 11.8 Å². The minimum absolute atomic E-state index is 0.166. The third-order valence-corrected chi connectivity index (χ3v) is 4.79. The Hall–Kier alpha value is -1.27. The van der Waals surface area contributed by atoms with Crippen LogP contribution in [0.15, 0.2) is 39.6 Å². The number of benzene rings is 1. The van der Waals surface area contributed by atoms with Gasteiger partial charge in [-0.05, 0) is 19.1 Å². The Morgan fingerprint density at radius 3 is 2.47 bits per heavy atom. The van der Waals surface area contributed by atoms with Crippen molar-refractivity contribution < 1.29 is 13.2 Å². The van der Waals surface area contributed by atoms with E-state index < -0.39 is 9.84 Å². The fourth-order valence-corrected chi connectivity index (χ4v) is 3.54. The van der Waals surface area contributed by atoms with Gasteiger partial charge >= 0.3 is 0 Å². The number of thioether (sulfide) groups is 1. The maximum atomic E-state index is 12.0. The zero-order valence-corrected chi connectivity index (χ0v) is 10.8. The van der Waals surface area contributed by atoms with Crippen LogP contribution in [0.5, 0.6) is 0 Å². The highest BCUT2D eigenvalue weighted by atomic mass is 32.2. The molecule has 1 heterocycles. The molecule has 0 aromatic heterocycles. The molecule has 1 fully saturated rings. The Bertz CT molecular complexity index is 573. The van der Waals surface area contributed by atoms with Gasteiger partial charge in [-0.25, -0.2) is 8.42 Å². The van der Waals surface area contributed by atoms with Crippen LogP contribution in [0, 0.1) is 6.92 Å². The number of aryl methyl sites for hydroxylation is 1. The second-order valence-electron chi connectivity index (χ2n) is 3.68. The molecule has 6 heteroatoms. The van der Waals surface area contributed by atoms with Gasteiger partial charge in [0.2, 0.25) is 15.7 Å². The van der Waals surface area contributed by atoms with Crippen molar-refractivity contribution in [1.29, 1.82) is 0 Å². The first-order valence-electron chi connectivity index (χ1n) is 4.93. The molecule has 2 rings (SSSR count). The molecule has 1 aromatic rings. The Kier molecular flexibility index (Phi) is 3.26. The minimum Gasteiger partial charge on any atom is -0.319 e. The summed E-state index contributed by atoms with van der Waals surface area (Å²) in [5, 5.41) is 3.99. The van der Waals surface area contributed by atoms with Gasteiger partial charge < -0.3 is 5.32 Å². The Morgan fingerprint density at radius 2 is 1.94 bits per heavy atom. The molecule has 17 heavy (non-hydrogen) atoms. The van der Waals surface area contributed by atoms with Gasteiger partial charge in [0.25, 0.3) is 0 Å². The van der Waals surface area contributed by atoms with Gasteiger partial charge in [0.1, 0.15) is 0 Å². The molecular weight excluding hydrogens is 258 g/mol. The summed E-state index contributed by atoms with van der Waals surface area (Å²) in [5.74, 6) is 0.107. The van der Waals surface area contributed by atoms with Crippen molar-refractivity contribution in [2.75, 3.05) is 5.75 Å². The van der Waals surface area contributed by atoms with E-state index in [1.807, 2.05) is 6.92 Å². The summed E-state index contributed by atoms with van der Waals surface area (Å²) < 4.78 is 23.9. The zero-order chi connectivity index (χ0) is 12.5. The number of hydrogen-bond donors (Lipinski definition) is 1. The molecule has 0 saturated carbocycles. The van der Waals surface area contributed by atoms with Gasteiger partial charge in [-0.2, -0.15) is 0 Å². The standard InChI is InChI=1S/C11H11NO3S2/c1-8-2-4-9(5-3-8)17(14,15)7-11-12-10(13)6-16-11/h2-5,7H,6H2,1H3,(H,12,13)/b11-7-. The van der Waals surface area contributed by atoms with Crippen LogP contribution < -0.4 is 5.32 Å². The largest absolute Gasteiger partial charge is 0.319 e. The van der Waals surface area contributed by atoms with E-state index in [9.17, 15) is 13.2 Å². The highest BCUT2D eigenvalue weighted by molar-refractivity contribution is 8.05. The van der Waals surface area contributed by atoms with E-state index in [0.29, 0.717) is 5.03 Å². The molecule has 0 unspecified atom stereocenters. The summed E-state index contributed by atoms with van der Waals surface area (Å²) in [6.45, 7) is 1.89. The molecule has 1 amide bonds. The number of sulfone groups is 1. The highest BCUT2D eigenvalue weighted by Gasteiger charge is 2.19. The van der Waals surface area contributed by atoms with Gasteiger partial charge in [-0.3, -0.25) is 4.79 Å². The molecule has 4 nitrogen and oxygen atoms in total. The average molecular weight is 269 g/mol. The lowest BCUT2D eigenvalue weighted by atomic mass is 10.2. The first-order chi connectivity index (χ1) is 7.97. The van der Waals surface area contributed by atoms with E-state index in [0.717, 1.165) is 11.0 Å². The van der Waals surface area contributed by atoms with Crippen molar-refractivity contribution in [2.45, 2.75) is 11.8 Å². The van der Waals surface area contributed by atoms with Crippen molar-refractivity contribution in [2.24, 2.45) is 0 Å². The molecule has 0 spiro atoms. The summed E-state index contributed by atoms with van der Waals surface area (Å²) in [7, 11) is -3.48. The lowest BCUT2D eigenvalue weighted by molar-refractivity contribution is -0.117. The maximum absolute atomic E-state index is 12.0. The molecule has 0 aliphatic carbocycles. The van der Waals surface area contributed by atoms with Crippen LogP contribution in [0.3, 0.4) is 0 Å². The fourth-order valence-electron chi connectivity index (χ4n) is 1.35. The Labute approximate surface area is 104 Å². The molecule has 1 aliphatic rings. The van der Waals surface area contributed by atoms with Gasteiger partial charge in [0.15, 0.2) is 0 Å². The van der Waals surface area contributed by atoms with Crippen molar-refractivity contribution >= 4 is 27.5 Å². The monoisotopic (exact) mass is 269 g/mol. The number of amides is 1. The number of carbonyl (C=O) groups excluding carboxylic acids is 1. The highest BCUT2D eigenvalue weighted by Crippen LogP contribution is 2.22. The Balaban J connectivity index is 2.31. The van der Waals surface area contributed by atoms with Gasteiger partial charge in [-0.1, -0.05) is 29.5 Å². The van der Waals surface area contributed by atoms with E-state index in [2.05, 4.69) is 5.32 Å². The van der Waals surface area contributed by atoms with E-state index in [-0.39, 0.29) is 16.6 Å². The lowest BCUT2D eigenvalue weighted by Gasteiger charge is -2.01. The summed E-state index contributed by atoms with van der Waals surface area (Å²) in [5.41, 5.74) is 1.00. The van der Waals surface area contributed by atoms with E-state index in [4.69, 9.17) is 0 Å². The summed E-state index contributed by atoms with van der Waals surface area (Å²) in [6, 6.07) is 6.60. The molecule has 0 radical (unpaired) electrons. The van der Waals surface area contributed by atoms with E-state index >= 15 is 0 Å². The van der Waals surface area contributed by atoms with Crippen molar-refractivity contribution in [3.63, 3.8) is 0 Å². The van der Waals surface area contributed by atoms with Crippen LogP contribution in [0.4, 0.5) is 0 Å². The minimum atomic E-state index is -3.48. The zero-order valence-electron chi connectivity index (χ0n) is 9.14. The average Bonchev–Trinajstić information content (AvgIpc) is 2.63. The molecule has 1 aliphatic heterocycles. The first-order valence-corrected chi connectivity index (χ1v) is 7.47. The third kappa shape index (κ3) is 2.89. The van der Waals surface area contributed by atoms with Crippen molar-refractivity contribution in [1.82, 2.24) is 5.32 Å². The number of rotatable bonds is 2. The van der Waals surface area contributed by atoms with E-state index in [1.165, 1.54) is 11.8 Å². The van der Waals surface area contributed by atoms with Gasteiger partial charge in [0, 0.05) is 0 Å². The fraction of sp³-hybridized carbons (Fsp3) is 0.182. The summed E-state index contributed by atoms with van der Waals surface area (Å²) in [6.07, 6.45) is 0. The number of nitrogens with one attached hydrogen (secondary N) is 1. The molecule has 1 aromatic carbocycles. The van der Waals surface area contributed by atoms with Crippen LogP contribution in [0.1, 0.15) is 5.56 Å².